The number of tetrazole rings is 1. The Labute approximate surface area is 180 Å². The van der Waals surface area contributed by atoms with Crippen molar-refractivity contribution in [3.05, 3.63) is 65.0 Å². The largest absolute Gasteiger partial charge is 0.496 e. The fourth-order valence-electron chi connectivity index (χ4n) is 4.15. The summed E-state index contributed by atoms with van der Waals surface area (Å²) >= 11 is 0. The molecule has 0 spiro atoms. The highest BCUT2D eigenvalue weighted by Gasteiger charge is 2.38. The van der Waals surface area contributed by atoms with E-state index in [-0.39, 0.29) is 17.6 Å². The van der Waals surface area contributed by atoms with Crippen molar-refractivity contribution in [2.24, 2.45) is 5.92 Å². The smallest absolute Gasteiger partial charge is 0.453 e. The number of hydrogen-bond acceptors (Lipinski definition) is 5. The van der Waals surface area contributed by atoms with Crippen LogP contribution in [0.1, 0.15) is 35.8 Å². The summed E-state index contributed by atoms with van der Waals surface area (Å²) in [7, 11) is 1.47. The molecule has 0 amide bonds. The molecule has 4 rings (SSSR count). The molecule has 1 aromatic heterocycles. The van der Waals surface area contributed by atoms with E-state index in [9.17, 15) is 22.0 Å². The number of aromatic nitrogens is 4. The molecular formula is C21H20F5N5O. The van der Waals surface area contributed by atoms with Gasteiger partial charge in [0.25, 0.3) is 5.82 Å². The highest BCUT2D eigenvalue weighted by atomic mass is 19.4. The van der Waals surface area contributed by atoms with Crippen LogP contribution in [0.25, 0.3) is 5.69 Å². The number of piperidine rings is 1. The minimum absolute atomic E-state index is 0.0197. The first-order valence-corrected chi connectivity index (χ1v) is 9.99. The van der Waals surface area contributed by atoms with Crippen molar-refractivity contribution in [1.29, 1.82) is 0 Å². The van der Waals surface area contributed by atoms with Gasteiger partial charge in [-0.25, -0.2) is 8.78 Å². The minimum Gasteiger partial charge on any atom is -0.496 e. The van der Waals surface area contributed by atoms with Gasteiger partial charge >= 0.3 is 6.18 Å². The lowest BCUT2D eigenvalue weighted by molar-refractivity contribution is -0.146. The molecule has 0 unspecified atom stereocenters. The molecule has 1 fully saturated rings. The molecule has 6 nitrogen and oxygen atoms in total. The van der Waals surface area contributed by atoms with E-state index in [4.69, 9.17) is 4.74 Å². The van der Waals surface area contributed by atoms with Gasteiger partial charge < -0.3 is 10.1 Å². The van der Waals surface area contributed by atoms with Gasteiger partial charge in [0, 0.05) is 6.04 Å². The zero-order valence-electron chi connectivity index (χ0n) is 17.0. The second kappa shape index (κ2) is 8.81. The topological polar surface area (TPSA) is 64.9 Å². The third kappa shape index (κ3) is 4.43. The fraction of sp³-hybridized carbons (Fsp3) is 0.381. The zero-order valence-corrected chi connectivity index (χ0v) is 17.0. The van der Waals surface area contributed by atoms with E-state index >= 15 is 0 Å². The van der Waals surface area contributed by atoms with Crippen LogP contribution in [0, 0.1) is 17.6 Å². The highest BCUT2D eigenvalue weighted by Crippen LogP contribution is 2.36. The van der Waals surface area contributed by atoms with Crippen molar-refractivity contribution in [2.45, 2.75) is 31.5 Å². The molecule has 1 aliphatic heterocycles. The first-order chi connectivity index (χ1) is 15.3. The number of rotatable bonds is 5. The quantitative estimate of drug-likeness (QED) is 0.586. The monoisotopic (exact) mass is 453 g/mol. The molecule has 2 atom stereocenters. The van der Waals surface area contributed by atoms with Crippen molar-refractivity contribution >= 4 is 0 Å². The van der Waals surface area contributed by atoms with Gasteiger partial charge in [-0.05, 0) is 83.6 Å². The minimum atomic E-state index is -4.71. The number of ether oxygens (including phenoxy) is 1. The average molecular weight is 453 g/mol. The molecule has 1 aliphatic rings. The van der Waals surface area contributed by atoms with Crippen LogP contribution in [0.3, 0.4) is 0 Å². The first kappa shape index (κ1) is 22.1. The Hall–Kier alpha value is -3.08. The van der Waals surface area contributed by atoms with Crippen LogP contribution in [-0.2, 0) is 12.6 Å². The predicted molar refractivity (Wildman–Crippen MR) is 104 cm³/mol. The average Bonchev–Trinajstić information content (AvgIpc) is 3.27. The Kier molecular flexibility index (Phi) is 6.09. The first-order valence-electron chi connectivity index (χ1n) is 9.99. The standard InChI is InChI=1S/C21H20F5N5O/c1-32-18-7-5-15(31-20(21(24,25)26)28-29-30-31)10-14(18)9-12-3-2-8-27-19(12)13-4-6-16(22)17(23)11-13/h4-7,10-12,19,27H,2-3,8-9H2,1H3/t12-,19-/m0/s1. The Bertz CT molecular complexity index is 1100. The molecule has 2 aromatic carbocycles. The Morgan fingerprint density at radius 1 is 1.12 bits per heavy atom. The number of nitrogens with zero attached hydrogens (tertiary/aromatic N) is 4. The van der Waals surface area contributed by atoms with Crippen LogP contribution in [0.5, 0.6) is 5.75 Å². The second-order valence-electron chi connectivity index (χ2n) is 7.62. The number of methoxy groups -OCH3 is 1. The molecule has 1 N–H and O–H groups in total. The molecular weight excluding hydrogens is 433 g/mol. The number of benzene rings is 2. The molecule has 170 valence electrons. The molecule has 32 heavy (non-hydrogen) atoms. The third-order valence-electron chi connectivity index (χ3n) is 5.60. The van der Waals surface area contributed by atoms with Gasteiger partial charge in [-0.2, -0.15) is 17.9 Å². The van der Waals surface area contributed by atoms with Gasteiger partial charge in [0.2, 0.25) is 0 Å². The van der Waals surface area contributed by atoms with Gasteiger partial charge in [-0.3, -0.25) is 0 Å². The van der Waals surface area contributed by atoms with Crippen LogP contribution in [-0.4, -0.2) is 33.9 Å². The van der Waals surface area contributed by atoms with Crippen LogP contribution in [0.2, 0.25) is 0 Å². The zero-order chi connectivity index (χ0) is 22.9. The van der Waals surface area contributed by atoms with Crippen LogP contribution < -0.4 is 10.1 Å². The number of hydrogen-bond donors (Lipinski definition) is 1. The molecule has 0 aliphatic carbocycles. The number of halogens is 5. The lowest BCUT2D eigenvalue weighted by Crippen LogP contribution is -2.35. The van der Waals surface area contributed by atoms with Crippen molar-refractivity contribution in [3.63, 3.8) is 0 Å². The lowest BCUT2D eigenvalue weighted by atomic mass is 9.82. The van der Waals surface area contributed by atoms with E-state index in [0.29, 0.717) is 28.0 Å². The van der Waals surface area contributed by atoms with Crippen molar-refractivity contribution < 1.29 is 26.7 Å². The SMILES string of the molecule is COc1ccc(-n2nnnc2C(F)(F)F)cc1C[C@@H]1CCCN[C@@H]1c1ccc(F)c(F)c1. The fourth-order valence-corrected chi connectivity index (χ4v) is 4.15. The van der Waals surface area contributed by atoms with E-state index in [1.165, 1.54) is 19.2 Å². The Balaban J connectivity index is 1.67. The second-order valence-corrected chi connectivity index (χ2v) is 7.62. The van der Waals surface area contributed by atoms with E-state index in [2.05, 4.69) is 20.8 Å². The maximum absolute atomic E-state index is 13.8. The predicted octanol–water partition coefficient (Wildman–Crippen LogP) is 4.25. The van der Waals surface area contributed by atoms with Crippen LogP contribution >= 0.6 is 0 Å². The summed E-state index contributed by atoms with van der Waals surface area (Å²) in [6.07, 6.45) is -2.60. The van der Waals surface area contributed by atoms with E-state index < -0.39 is 23.6 Å². The van der Waals surface area contributed by atoms with Gasteiger partial charge in [0.15, 0.2) is 11.6 Å². The summed E-state index contributed by atoms with van der Waals surface area (Å²) in [5.41, 5.74) is 1.42. The molecule has 1 saturated heterocycles. The summed E-state index contributed by atoms with van der Waals surface area (Å²) in [6.45, 7) is 0.719. The molecule has 2 heterocycles. The highest BCUT2D eigenvalue weighted by molar-refractivity contribution is 5.45. The third-order valence-corrected chi connectivity index (χ3v) is 5.60. The number of nitrogens with one attached hydrogen (secondary N) is 1. The molecule has 0 radical (unpaired) electrons. The van der Waals surface area contributed by atoms with Crippen LogP contribution in [0.15, 0.2) is 36.4 Å². The van der Waals surface area contributed by atoms with Gasteiger partial charge in [-0.1, -0.05) is 6.07 Å². The van der Waals surface area contributed by atoms with Crippen LogP contribution in [0.4, 0.5) is 22.0 Å². The van der Waals surface area contributed by atoms with E-state index in [1.807, 2.05) is 0 Å². The summed E-state index contributed by atoms with van der Waals surface area (Å²) < 4.78 is 73.0. The normalized spacial score (nSPS) is 19.2. The van der Waals surface area contributed by atoms with Gasteiger partial charge in [-0.15, -0.1) is 5.10 Å². The molecule has 11 heteroatoms. The summed E-state index contributed by atoms with van der Waals surface area (Å²) in [6, 6.07) is 8.13. The van der Waals surface area contributed by atoms with E-state index in [1.54, 1.807) is 18.2 Å². The van der Waals surface area contributed by atoms with Crippen molar-refractivity contribution in [2.75, 3.05) is 13.7 Å². The summed E-state index contributed by atoms with van der Waals surface area (Å²) in [5.74, 6) is -2.59. The molecule has 0 bridgehead atoms. The maximum Gasteiger partial charge on any atom is 0.453 e. The Morgan fingerprint density at radius 2 is 1.94 bits per heavy atom. The lowest BCUT2D eigenvalue weighted by Gasteiger charge is -2.33. The summed E-state index contributed by atoms with van der Waals surface area (Å²) in [5, 5.41) is 13.1. The Morgan fingerprint density at radius 3 is 2.66 bits per heavy atom. The molecule has 0 saturated carbocycles. The molecule has 3 aromatic rings. The van der Waals surface area contributed by atoms with Crippen molar-refractivity contribution in [1.82, 2.24) is 25.5 Å². The van der Waals surface area contributed by atoms with Crippen molar-refractivity contribution in [3.8, 4) is 11.4 Å². The van der Waals surface area contributed by atoms with Gasteiger partial charge in [0.1, 0.15) is 5.75 Å². The van der Waals surface area contributed by atoms with Gasteiger partial charge in [0.05, 0.1) is 12.8 Å². The number of alkyl halides is 3. The summed E-state index contributed by atoms with van der Waals surface area (Å²) in [4.78, 5) is 0. The maximum atomic E-state index is 13.8. The van der Waals surface area contributed by atoms with E-state index in [0.717, 1.165) is 25.5 Å².